The Bertz CT molecular complexity index is 736. The number of carbonyl (C=O) groups is 1. The van der Waals surface area contributed by atoms with Crippen molar-refractivity contribution in [2.45, 2.75) is 26.3 Å². The quantitative estimate of drug-likeness (QED) is 0.893. The first-order chi connectivity index (χ1) is 10.7. The lowest BCUT2D eigenvalue weighted by atomic mass is 10.0. The Morgan fingerprint density at radius 2 is 2.23 bits per heavy atom. The lowest BCUT2D eigenvalue weighted by molar-refractivity contribution is -0.114. The maximum absolute atomic E-state index is 11.2. The summed E-state index contributed by atoms with van der Waals surface area (Å²) in [5.41, 5.74) is 3.82. The van der Waals surface area contributed by atoms with Crippen molar-refractivity contribution < 1.29 is 4.79 Å². The number of hydrogen-bond acceptors (Lipinski definition) is 4. The Hall–Kier alpha value is -2.50. The highest BCUT2D eigenvalue weighted by atomic mass is 16.1. The number of nitrogens with one attached hydrogen (secondary N) is 2. The second kappa shape index (κ2) is 5.05. The summed E-state index contributed by atoms with van der Waals surface area (Å²) in [6, 6.07) is 8.52. The van der Waals surface area contributed by atoms with Crippen LogP contribution in [0.5, 0.6) is 0 Å². The molecule has 2 aliphatic heterocycles. The standard InChI is InChI=1S/C16H19N5O/c1-11(22)18-15-10-16-20(7-8-21(16)19-15)13-4-5-14-12(9-13)3-2-6-17-14/h4-5,9-10,17H,2-3,6-8H2,1H3,(H,18,19,22). The van der Waals surface area contributed by atoms with Gasteiger partial charge in [0.1, 0.15) is 5.82 Å². The Morgan fingerprint density at radius 1 is 1.32 bits per heavy atom. The van der Waals surface area contributed by atoms with E-state index in [2.05, 4.69) is 38.8 Å². The van der Waals surface area contributed by atoms with E-state index in [1.807, 2.05) is 10.7 Å². The molecule has 2 N–H and O–H groups in total. The summed E-state index contributed by atoms with van der Waals surface area (Å²) in [5, 5.41) is 10.6. The van der Waals surface area contributed by atoms with Crippen molar-refractivity contribution in [2.24, 2.45) is 0 Å². The zero-order valence-corrected chi connectivity index (χ0v) is 12.6. The molecule has 114 valence electrons. The van der Waals surface area contributed by atoms with Gasteiger partial charge in [-0.1, -0.05) is 0 Å². The van der Waals surface area contributed by atoms with Crippen LogP contribution in [0.25, 0.3) is 0 Å². The minimum absolute atomic E-state index is 0.0943. The van der Waals surface area contributed by atoms with E-state index in [0.717, 1.165) is 31.9 Å². The van der Waals surface area contributed by atoms with Crippen LogP contribution in [0.2, 0.25) is 0 Å². The minimum Gasteiger partial charge on any atom is -0.385 e. The average molecular weight is 297 g/mol. The van der Waals surface area contributed by atoms with Crippen molar-refractivity contribution in [3.05, 3.63) is 29.8 Å². The van der Waals surface area contributed by atoms with Crippen molar-refractivity contribution in [2.75, 3.05) is 28.6 Å². The van der Waals surface area contributed by atoms with E-state index in [1.165, 1.54) is 30.3 Å². The Balaban J connectivity index is 1.65. The molecular formula is C16H19N5O. The number of fused-ring (bicyclic) bond motifs is 2. The van der Waals surface area contributed by atoms with E-state index in [1.54, 1.807) is 0 Å². The molecule has 0 radical (unpaired) electrons. The van der Waals surface area contributed by atoms with Gasteiger partial charge < -0.3 is 15.5 Å². The van der Waals surface area contributed by atoms with Gasteiger partial charge in [-0.15, -0.1) is 0 Å². The number of anilines is 4. The monoisotopic (exact) mass is 297 g/mol. The smallest absolute Gasteiger partial charge is 0.222 e. The first-order valence-electron chi connectivity index (χ1n) is 7.70. The molecule has 0 spiro atoms. The van der Waals surface area contributed by atoms with Crippen LogP contribution >= 0.6 is 0 Å². The molecule has 0 atom stereocenters. The zero-order chi connectivity index (χ0) is 15.1. The number of benzene rings is 1. The van der Waals surface area contributed by atoms with Crippen LogP contribution in [0.15, 0.2) is 24.3 Å². The number of carbonyl (C=O) groups excluding carboxylic acids is 1. The summed E-state index contributed by atoms with van der Waals surface area (Å²) in [5.74, 6) is 1.56. The van der Waals surface area contributed by atoms with E-state index in [9.17, 15) is 4.79 Å². The van der Waals surface area contributed by atoms with E-state index in [4.69, 9.17) is 0 Å². The van der Waals surface area contributed by atoms with Gasteiger partial charge in [-0.3, -0.25) is 4.79 Å². The van der Waals surface area contributed by atoms with E-state index < -0.39 is 0 Å². The maximum Gasteiger partial charge on any atom is 0.222 e. The number of hydrogen-bond donors (Lipinski definition) is 2. The molecule has 0 aliphatic carbocycles. The van der Waals surface area contributed by atoms with Crippen molar-refractivity contribution >= 4 is 28.9 Å². The van der Waals surface area contributed by atoms with Crippen LogP contribution in [0.1, 0.15) is 18.9 Å². The summed E-state index contributed by atoms with van der Waals surface area (Å²) in [7, 11) is 0. The predicted molar refractivity (Wildman–Crippen MR) is 86.8 cm³/mol. The Morgan fingerprint density at radius 3 is 3.09 bits per heavy atom. The summed E-state index contributed by atoms with van der Waals surface area (Å²) < 4.78 is 1.95. The van der Waals surface area contributed by atoms with Crippen LogP contribution < -0.4 is 15.5 Å². The van der Waals surface area contributed by atoms with Crippen molar-refractivity contribution in [3.63, 3.8) is 0 Å². The molecular weight excluding hydrogens is 278 g/mol. The SMILES string of the molecule is CC(=O)Nc1cc2n(n1)CCN2c1ccc2c(c1)CCCN2. The minimum atomic E-state index is -0.0943. The fourth-order valence-electron chi connectivity index (χ4n) is 3.23. The van der Waals surface area contributed by atoms with Crippen molar-refractivity contribution in [3.8, 4) is 0 Å². The average Bonchev–Trinajstić information content (AvgIpc) is 3.06. The van der Waals surface area contributed by atoms with Crippen LogP contribution in [0, 0.1) is 0 Å². The fraction of sp³-hybridized carbons (Fsp3) is 0.375. The maximum atomic E-state index is 11.2. The highest BCUT2D eigenvalue weighted by Crippen LogP contribution is 2.34. The Kier molecular flexibility index (Phi) is 3.03. The predicted octanol–water partition coefficient (Wildman–Crippen LogP) is 2.35. The van der Waals surface area contributed by atoms with Gasteiger partial charge in [-0.2, -0.15) is 5.10 Å². The molecule has 1 aromatic carbocycles. The molecule has 3 heterocycles. The first-order valence-corrected chi connectivity index (χ1v) is 7.70. The second-order valence-electron chi connectivity index (χ2n) is 5.82. The molecule has 0 saturated carbocycles. The van der Waals surface area contributed by atoms with Gasteiger partial charge in [0.05, 0.1) is 6.54 Å². The molecule has 0 bridgehead atoms. The topological polar surface area (TPSA) is 62.2 Å². The molecule has 1 aromatic heterocycles. The van der Waals surface area contributed by atoms with Gasteiger partial charge in [0, 0.05) is 37.5 Å². The van der Waals surface area contributed by atoms with Crippen molar-refractivity contribution in [1.29, 1.82) is 0 Å². The number of aromatic nitrogens is 2. The summed E-state index contributed by atoms with van der Waals surface area (Å²) in [6.45, 7) is 4.31. The lowest BCUT2D eigenvalue weighted by Gasteiger charge is -2.22. The molecule has 22 heavy (non-hydrogen) atoms. The van der Waals surface area contributed by atoms with Gasteiger partial charge >= 0.3 is 0 Å². The van der Waals surface area contributed by atoms with E-state index >= 15 is 0 Å². The molecule has 2 aromatic rings. The summed E-state index contributed by atoms with van der Waals surface area (Å²) in [6.07, 6.45) is 2.31. The summed E-state index contributed by atoms with van der Waals surface area (Å²) in [4.78, 5) is 13.4. The lowest BCUT2D eigenvalue weighted by Crippen LogP contribution is -2.16. The van der Waals surface area contributed by atoms with Gasteiger partial charge in [0.2, 0.25) is 5.91 Å². The van der Waals surface area contributed by atoms with E-state index in [0.29, 0.717) is 5.82 Å². The normalized spacial score (nSPS) is 16.0. The third kappa shape index (κ3) is 2.20. The number of amides is 1. The van der Waals surface area contributed by atoms with Crippen LogP contribution in [0.4, 0.5) is 23.0 Å². The highest BCUT2D eigenvalue weighted by Gasteiger charge is 2.24. The molecule has 6 heteroatoms. The zero-order valence-electron chi connectivity index (χ0n) is 12.6. The van der Waals surface area contributed by atoms with Crippen LogP contribution in [-0.4, -0.2) is 28.8 Å². The van der Waals surface area contributed by atoms with E-state index in [-0.39, 0.29) is 5.91 Å². The fourth-order valence-corrected chi connectivity index (χ4v) is 3.23. The third-order valence-corrected chi connectivity index (χ3v) is 4.21. The molecule has 0 fully saturated rings. The van der Waals surface area contributed by atoms with Gasteiger partial charge in [0.25, 0.3) is 0 Å². The summed E-state index contributed by atoms with van der Waals surface area (Å²) >= 11 is 0. The van der Waals surface area contributed by atoms with Gasteiger partial charge in [-0.25, -0.2) is 4.68 Å². The number of rotatable bonds is 2. The molecule has 2 aliphatic rings. The van der Waals surface area contributed by atoms with Gasteiger partial charge in [-0.05, 0) is 36.6 Å². The van der Waals surface area contributed by atoms with Crippen LogP contribution in [0.3, 0.4) is 0 Å². The molecule has 6 nitrogen and oxygen atoms in total. The molecule has 0 unspecified atom stereocenters. The first kappa shape index (κ1) is 13.2. The van der Waals surface area contributed by atoms with Crippen molar-refractivity contribution in [1.82, 2.24) is 9.78 Å². The number of aryl methyl sites for hydroxylation is 1. The molecule has 4 rings (SSSR count). The second-order valence-corrected chi connectivity index (χ2v) is 5.82. The van der Waals surface area contributed by atoms with Crippen LogP contribution in [-0.2, 0) is 17.8 Å². The molecule has 0 saturated heterocycles. The highest BCUT2D eigenvalue weighted by molar-refractivity contribution is 5.88. The van der Waals surface area contributed by atoms with Gasteiger partial charge in [0.15, 0.2) is 5.82 Å². The largest absolute Gasteiger partial charge is 0.385 e. The molecule has 1 amide bonds. The third-order valence-electron chi connectivity index (χ3n) is 4.21. The number of nitrogens with zero attached hydrogens (tertiary/aromatic N) is 3. The Labute approximate surface area is 129 Å².